The van der Waals surface area contributed by atoms with Crippen LogP contribution in [0.15, 0.2) is 23.2 Å². The number of pyridine rings is 1. The summed E-state index contributed by atoms with van der Waals surface area (Å²) in [7, 11) is 0. The maximum Gasteiger partial charge on any atom is 0.416 e. The van der Waals surface area contributed by atoms with Gasteiger partial charge in [-0.2, -0.15) is 13.2 Å². The van der Waals surface area contributed by atoms with E-state index in [0.29, 0.717) is 11.3 Å². The number of alkyl halides is 3. The summed E-state index contributed by atoms with van der Waals surface area (Å²) in [6.07, 6.45) is -4.57. The standard InChI is InChI=1S/C15H13Cl2F3N4/c1-6-3-7(2)23-13(21)11(6)14(22)24-12-9(16)4-8(5-10(12)17)15(18,19)20/h3-5H,1-2H3,(H2,21,23)(H2,22,24). The molecule has 0 aliphatic heterocycles. The number of rotatable bonds is 2. The van der Waals surface area contributed by atoms with E-state index in [9.17, 15) is 13.2 Å². The number of nitrogens with two attached hydrogens (primary N) is 2. The van der Waals surface area contributed by atoms with Crippen molar-refractivity contribution in [3.8, 4) is 0 Å². The molecule has 0 fully saturated rings. The molecule has 0 spiro atoms. The largest absolute Gasteiger partial charge is 0.416 e. The molecular formula is C15H13Cl2F3N4. The Hall–Kier alpha value is -1.99. The lowest BCUT2D eigenvalue weighted by atomic mass is 10.1. The number of aromatic nitrogens is 1. The molecule has 0 amide bonds. The maximum absolute atomic E-state index is 12.7. The number of anilines is 1. The zero-order valence-corrected chi connectivity index (χ0v) is 14.2. The topological polar surface area (TPSA) is 77.3 Å². The quantitative estimate of drug-likeness (QED) is 0.591. The molecule has 1 heterocycles. The fraction of sp³-hybridized carbons (Fsp3) is 0.200. The summed E-state index contributed by atoms with van der Waals surface area (Å²) in [6, 6.07) is 3.23. The molecule has 2 aromatic rings. The van der Waals surface area contributed by atoms with Gasteiger partial charge in [-0.3, -0.25) is 0 Å². The predicted molar refractivity (Wildman–Crippen MR) is 90.0 cm³/mol. The fourth-order valence-electron chi connectivity index (χ4n) is 2.21. The van der Waals surface area contributed by atoms with Crippen LogP contribution in [0.4, 0.5) is 24.7 Å². The van der Waals surface area contributed by atoms with Crippen LogP contribution in [0.3, 0.4) is 0 Å². The van der Waals surface area contributed by atoms with Gasteiger partial charge in [0.05, 0.1) is 21.2 Å². The summed E-state index contributed by atoms with van der Waals surface area (Å²) < 4.78 is 38.2. The van der Waals surface area contributed by atoms with E-state index in [2.05, 4.69) is 9.98 Å². The van der Waals surface area contributed by atoms with Crippen molar-refractivity contribution < 1.29 is 13.2 Å². The second-order valence-corrected chi connectivity index (χ2v) is 5.94. The van der Waals surface area contributed by atoms with E-state index in [1.165, 1.54) is 0 Å². The summed E-state index contributed by atoms with van der Waals surface area (Å²) in [5, 5.41) is -0.539. The van der Waals surface area contributed by atoms with Crippen molar-refractivity contribution in [1.82, 2.24) is 4.98 Å². The van der Waals surface area contributed by atoms with Crippen molar-refractivity contribution in [3.05, 3.63) is 50.6 Å². The van der Waals surface area contributed by atoms with Crippen molar-refractivity contribution in [2.24, 2.45) is 10.7 Å². The molecule has 4 nitrogen and oxygen atoms in total. The van der Waals surface area contributed by atoms with Gasteiger partial charge in [0.25, 0.3) is 0 Å². The summed E-state index contributed by atoms with van der Waals surface area (Å²) >= 11 is 11.8. The van der Waals surface area contributed by atoms with Crippen LogP contribution in [0.25, 0.3) is 0 Å². The van der Waals surface area contributed by atoms with Gasteiger partial charge in [0.15, 0.2) is 0 Å². The van der Waals surface area contributed by atoms with Gasteiger partial charge in [0.1, 0.15) is 17.3 Å². The molecular weight excluding hydrogens is 364 g/mol. The zero-order chi connectivity index (χ0) is 18.2. The van der Waals surface area contributed by atoms with Crippen molar-refractivity contribution in [2.45, 2.75) is 20.0 Å². The fourth-order valence-corrected chi connectivity index (χ4v) is 2.78. The number of nitrogen functional groups attached to an aromatic ring is 1. The third-order valence-corrected chi connectivity index (χ3v) is 3.78. The van der Waals surface area contributed by atoms with E-state index in [4.69, 9.17) is 34.7 Å². The van der Waals surface area contributed by atoms with E-state index >= 15 is 0 Å². The van der Waals surface area contributed by atoms with E-state index in [1.54, 1.807) is 19.9 Å². The number of hydrogen-bond acceptors (Lipinski definition) is 3. The molecule has 1 aromatic carbocycles. The van der Waals surface area contributed by atoms with Crippen molar-refractivity contribution in [3.63, 3.8) is 0 Å². The summed E-state index contributed by atoms with van der Waals surface area (Å²) in [4.78, 5) is 8.14. The van der Waals surface area contributed by atoms with E-state index < -0.39 is 11.7 Å². The molecule has 0 saturated heterocycles. The van der Waals surface area contributed by atoms with Crippen LogP contribution in [0.5, 0.6) is 0 Å². The first-order chi connectivity index (χ1) is 11.0. The van der Waals surface area contributed by atoms with Gasteiger partial charge in [-0.1, -0.05) is 23.2 Å². The molecule has 0 bridgehead atoms. The number of halogens is 5. The minimum Gasteiger partial charge on any atom is -0.383 e. The Balaban J connectivity index is 2.56. The van der Waals surface area contributed by atoms with Gasteiger partial charge in [-0.05, 0) is 37.6 Å². The minimum absolute atomic E-state index is 0.0407. The smallest absolute Gasteiger partial charge is 0.383 e. The molecule has 24 heavy (non-hydrogen) atoms. The second kappa shape index (κ2) is 6.49. The summed E-state index contributed by atoms with van der Waals surface area (Å²) in [6.45, 7) is 3.53. The maximum atomic E-state index is 12.7. The van der Waals surface area contributed by atoms with Gasteiger partial charge in [0.2, 0.25) is 0 Å². The predicted octanol–water partition coefficient (Wildman–Crippen LogP) is 4.64. The Labute approximate surface area is 146 Å². The Morgan fingerprint density at radius 2 is 1.67 bits per heavy atom. The first-order valence-corrected chi connectivity index (χ1v) is 7.40. The molecule has 4 N–H and O–H groups in total. The zero-order valence-electron chi connectivity index (χ0n) is 12.7. The lowest BCUT2D eigenvalue weighted by molar-refractivity contribution is -0.137. The number of nitrogens with zero attached hydrogens (tertiary/aromatic N) is 2. The summed E-state index contributed by atoms with van der Waals surface area (Å²) in [5.74, 6) is 0.119. The van der Waals surface area contributed by atoms with Gasteiger partial charge in [-0.15, -0.1) is 0 Å². The highest BCUT2D eigenvalue weighted by molar-refractivity contribution is 6.39. The Morgan fingerprint density at radius 1 is 1.12 bits per heavy atom. The van der Waals surface area contributed by atoms with E-state index in [1.807, 2.05) is 0 Å². The summed E-state index contributed by atoms with van der Waals surface area (Å²) in [5.41, 5.74) is 12.5. The molecule has 1 aromatic heterocycles. The van der Waals surface area contributed by atoms with Crippen LogP contribution < -0.4 is 11.5 Å². The Bertz CT molecular complexity index is 786. The van der Waals surface area contributed by atoms with Crippen LogP contribution in [-0.4, -0.2) is 10.8 Å². The van der Waals surface area contributed by atoms with Gasteiger partial charge in [-0.25, -0.2) is 9.98 Å². The monoisotopic (exact) mass is 376 g/mol. The van der Waals surface area contributed by atoms with Crippen molar-refractivity contribution in [1.29, 1.82) is 0 Å². The molecule has 128 valence electrons. The first-order valence-electron chi connectivity index (χ1n) is 6.65. The van der Waals surface area contributed by atoms with Crippen LogP contribution in [0.1, 0.15) is 22.4 Å². The minimum atomic E-state index is -4.57. The molecule has 0 aliphatic rings. The van der Waals surface area contributed by atoms with Crippen molar-refractivity contribution >= 4 is 40.5 Å². The molecule has 0 saturated carbocycles. The molecule has 2 rings (SSSR count). The molecule has 0 atom stereocenters. The van der Waals surface area contributed by atoms with Gasteiger partial charge < -0.3 is 11.5 Å². The van der Waals surface area contributed by atoms with Gasteiger partial charge >= 0.3 is 6.18 Å². The van der Waals surface area contributed by atoms with E-state index in [-0.39, 0.29) is 27.4 Å². The molecule has 0 unspecified atom stereocenters. The third kappa shape index (κ3) is 3.73. The molecule has 0 aliphatic carbocycles. The van der Waals surface area contributed by atoms with Gasteiger partial charge in [0, 0.05) is 5.69 Å². The number of amidine groups is 1. The number of aliphatic imine (C=N–C) groups is 1. The number of benzene rings is 1. The highest BCUT2D eigenvalue weighted by Crippen LogP contribution is 2.40. The SMILES string of the molecule is Cc1cc(C)c(C(N)=Nc2c(Cl)cc(C(F)(F)F)cc2Cl)c(N)n1. The van der Waals surface area contributed by atoms with Crippen LogP contribution in [0, 0.1) is 13.8 Å². The normalized spacial score (nSPS) is 12.5. The number of hydrogen-bond donors (Lipinski definition) is 2. The van der Waals surface area contributed by atoms with Crippen molar-refractivity contribution in [2.75, 3.05) is 5.73 Å². The Morgan fingerprint density at radius 3 is 2.12 bits per heavy atom. The lowest BCUT2D eigenvalue weighted by Crippen LogP contribution is -2.18. The second-order valence-electron chi connectivity index (χ2n) is 5.12. The molecule has 0 radical (unpaired) electrons. The van der Waals surface area contributed by atoms with E-state index in [0.717, 1.165) is 17.7 Å². The highest BCUT2D eigenvalue weighted by Gasteiger charge is 2.32. The lowest BCUT2D eigenvalue weighted by Gasteiger charge is -2.12. The third-order valence-electron chi connectivity index (χ3n) is 3.21. The average Bonchev–Trinajstić information content (AvgIpc) is 2.40. The van der Waals surface area contributed by atoms with Crippen LogP contribution in [0.2, 0.25) is 10.0 Å². The average molecular weight is 377 g/mol. The van der Waals surface area contributed by atoms with Crippen LogP contribution >= 0.6 is 23.2 Å². The van der Waals surface area contributed by atoms with Crippen LogP contribution in [-0.2, 0) is 6.18 Å². The highest BCUT2D eigenvalue weighted by atomic mass is 35.5. The number of aryl methyl sites for hydroxylation is 2. The first kappa shape index (κ1) is 18.4. The molecule has 9 heteroatoms. The Kier molecular flexibility index (Phi) is 4.96.